The molecule has 2 aromatic carbocycles. The molecule has 0 amide bonds. The molecule has 0 aliphatic heterocycles. The van der Waals surface area contributed by atoms with Gasteiger partial charge in [0.25, 0.3) is 0 Å². The summed E-state index contributed by atoms with van der Waals surface area (Å²) in [5.41, 5.74) is 0.689. The average Bonchev–Trinajstić information content (AvgIpc) is 2.47. The van der Waals surface area contributed by atoms with Gasteiger partial charge in [-0.3, -0.25) is 0 Å². The maximum atomic E-state index is 14.1. The molecule has 3 nitrogen and oxygen atoms in total. The third-order valence-corrected chi connectivity index (χ3v) is 3.92. The zero-order chi connectivity index (χ0) is 15.4. The SMILES string of the molecule is COC(=O)C(Nc1ccccc1Br)c1c(F)cccc1Cl. The molecule has 0 saturated heterocycles. The second kappa shape index (κ2) is 6.91. The Labute approximate surface area is 135 Å². The molecular formula is C15H12BrClFNO2. The summed E-state index contributed by atoms with van der Waals surface area (Å²) in [6.07, 6.45) is 0. The first-order valence-corrected chi connectivity index (χ1v) is 7.24. The van der Waals surface area contributed by atoms with E-state index in [2.05, 4.69) is 21.2 Å². The second-order valence-corrected chi connectivity index (χ2v) is 5.48. The summed E-state index contributed by atoms with van der Waals surface area (Å²) < 4.78 is 19.5. The van der Waals surface area contributed by atoms with Crippen LogP contribution in [0.1, 0.15) is 11.6 Å². The smallest absolute Gasteiger partial charge is 0.333 e. The minimum Gasteiger partial charge on any atom is -0.467 e. The quantitative estimate of drug-likeness (QED) is 0.799. The average molecular weight is 373 g/mol. The standard InChI is InChI=1S/C15H12BrClFNO2/c1-21-15(20)14(13-10(17)6-4-7-11(13)18)19-12-8-3-2-5-9(12)16/h2-8,14,19H,1H3. The van der Waals surface area contributed by atoms with Crippen molar-refractivity contribution < 1.29 is 13.9 Å². The Morgan fingerprint density at radius 1 is 1.29 bits per heavy atom. The third kappa shape index (κ3) is 3.54. The molecule has 1 N–H and O–H groups in total. The molecule has 2 rings (SSSR count). The first kappa shape index (κ1) is 15.8. The lowest BCUT2D eigenvalue weighted by Crippen LogP contribution is -2.24. The van der Waals surface area contributed by atoms with Gasteiger partial charge in [-0.1, -0.05) is 29.8 Å². The summed E-state index contributed by atoms with van der Waals surface area (Å²) in [6.45, 7) is 0. The molecule has 0 heterocycles. The van der Waals surface area contributed by atoms with Crippen LogP contribution in [0.5, 0.6) is 0 Å². The molecule has 0 bridgehead atoms. The van der Waals surface area contributed by atoms with Crippen molar-refractivity contribution in [3.8, 4) is 0 Å². The van der Waals surface area contributed by atoms with Gasteiger partial charge in [-0.25, -0.2) is 9.18 Å². The van der Waals surface area contributed by atoms with E-state index in [1.54, 1.807) is 18.2 Å². The predicted molar refractivity (Wildman–Crippen MR) is 83.9 cm³/mol. The van der Waals surface area contributed by atoms with E-state index in [4.69, 9.17) is 16.3 Å². The van der Waals surface area contributed by atoms with Gasteiger partial charge in [-0.15, -0.1) is 0 Å². The number of halogens is 3. The van der Waals surface area contributed by atoms with E-state index in [0.29, 0.717) is 5.69 Å². The van der Waals surface area contributed by atoms with Crippen molar-refractivity contribution >= 4 is 39.2 Å². The number of anilines is 1. The molecular weight excluding hydrogens is 361 g/mol. The molecule has 0 spiro atoms. The van der Waals surface area contributed by atoms with Crippen LogP contribution in [0.3, 0.4) is 0 Å². The van der Waals surface area contributed by atoms with E-state index >= 15 is 0 Å². The van der Waals surface area contributed by atoms with Crippen LogP contribution in [0.25, 0.3) is 0 Å². The number of hydrogen-bond donors (Lipinski definition) is 1. The zero-order valence-corrected chi connectivity index (χ0v) is 13.4. The number of rotatable bonds is 4. The minimum absolute atomic E-state index is 0.0572. The molecule has 2 aromatic rings. The molecule has 1 unspecified atom stereocenters. The highest BCUT2D eigenvalue weighted by Crippen LogP contribution is 2.32. The monoisotopic (exact) mass is 371 g/mol. The van der Waals surface area contributed by atoms with Crippen LogP contribution in [-0.2, 0) is 9.53 Å². The zero-order valence-electron chi connectivity index (χ0n) is 11.1. The van der Waals surface area contributed by atoms with E-state index in [1.165, 1.54) is 25.3 Å². The van der Waals surface area contributed by atoms with Crippen LogP contribution >= 0.6 is 27.5 Å². The van der Waals surface area contributed by atoms with Crippen LogP contribution in [-0.4, -0.2) is 13.1 Å². The van der Waals surface area contributed by atoms with E-state index in [1.807, 2.05) is 6.07 Å². The van der Waals surface area contributed by atoms with E-state index in [9.17, 15) is 9.18 Å². The lowest BCUT2D eigenvalue weighted by Gasteiger charge is -2.20. The van der Waals surface area contributed by atoms with Gasteiger partial charge in [0, 0.05) is 20.7 Å². The van der Waals surface area contributed by atoms with Crippen LogP contribution in [0.4, 0.5) is 10.1 Å². The second-order valence-electron chi connectivity index (χ2n) is 4.22. The van der Waals surface area contributed by atoms with E-state index < -0.39 is 17.8 Å². The van der Waals surface area contributed by atoms with Crippen LogP contribution in [0.15, 0.2) is 46.9 Å². The number of carbonyl (C=O) groups is 1. The topological polar surface area (TPSA) is 38.3 Å². The number of para-hydroxylation sites is 1. The van der Waals surface area contributed by atoms with Crippen LogP contribution in [0, 0.1) is 5.82 Å². The van der Waals surface area contributed by atoms with Crippen molar-refractivity contribution in [2.45, 2.75) is 6.04 Å². The Kier molecular flexibility index (Phi) is 5.20. The first-order chi connectivity index (χ1) is 10.0. The summed E-state index contributed by atoms with van der Waals surface area (Å²) in [4.78, 5) is 12.0. The fourth-order valence-corrected chi connectivity index (χ4v) is 2.56. The van der Waals surface area contributed by atoms with Crippen LogP contribution in [0.2, 0.25) is 5.02 Å². The minimum atomic E-state index is -1.04. The molecule has 0 aromatic heterocycles. The Balaban J connectivity index is 2.45. The number of hydrogen-bond acceptors (Lipinski definition) is 3. The fourth-order valence-electron chi connectivity index (χ4n) is 1.89. The van der Waals surface area contributed by atoms with Gasteiger partial charge in [0.2, 0.25) is 0 Å². The van der Waals surface area contributed by atoms with Gasteiger partial charge >= 0.3 is 5.97 Å². The van der Waals surface area contributed by atoms with Crippen molar-refractivity contribution in [2.24, 2.45) is 0 Å². The molecule has 0 fully saturated rings. The largest absolute Gasteiger partial charge is 0.467 e. The van der Waals surface area contributed by atoms with Gasteiger partial charge in [0.15, 0.2) is 6.04 Å². The number of nitrogens with one attached hydrogen (secondary N) is 1. The molecule has 0 aliphatic carbocycles. The lowest BCUT2D eigenvalue weighted by molar-refractivity contribution is -0.141. The lowest BCUT2D eigenvalue weighted by atomic mass is 10.1. The number of methoxy groups -OCH3 is 1. The Hall–Kier alpha value is -1.59. The number of carbonyl (C=O) groups excluding carboxylic acids is 1. The first-order valence-electron chi connectivity index (χ1n) is 6.07. The molecule has 0 radical (unpaired) electrons. The Bertz CT molecular complexity index is 646. The highest BCUT2D eigenvalue weighted by atomic mass is 79.9. The Morgan fingerprint density at radius 2 is 2.00 bits per heavy atom. The molecule has 0 aliphatic rings. The highest BCUT2D eigenvalue weighted by molar-refractivity contribution is 9.10. The third-order valence-electron chi connectivity index (χ3n) is 2.90. The van der Waals surface area contributed by atoms with Gasteiger partial charge in [0.05, 0.1) is 7.11 Å². The molecule has 6 heteroatoms. The summed E-state index contributed by atoms with van der Waals surface area (Å²) in [7, 11) is 1.24. The van der Waals surface area contributed by atoms with Crippen molar-refractivity contribution in [2.75, 3.05) is 12.4 Å². The highest BCUT2D eigenvalue weighted by Gasteiger charge is 2.27. The summed E-state index contributed by atoms with van der Waals surface area (Å²) in [5.74, 6) is -1.20. The molecule has 1 atom stereocenters. The van der Waals surface area contributed by atoms with Gasteiger partial charge in [0.1, 0.15) is 5.82 Å². The molecule has 110 valence electrons. The number of ether oxygens (including phenoxy) is 1. The predicted octanol–water partition coefficient (Wildman–Crippen LogP) is 4.57. The Morgan fingerprint density at radius 3 is 2.62 bits per heavy atom. The van der Waals surface area contributed by atoms with Crippen molar-refractivity contribution in [3.05, 3.63) is 63.3 Å². The van der Waals surface area contributed by atoms with Gasteiger partial charge in [-0.05, 0) is 40.2 Å². The number of benzene rings is 2. The van der Waals surface area contributed by atoms with Crippen molar-refractivity contribution in [1.29, 1.82) is 0 Å². The van der Waals surface area contributed by atoms with E-state index in [0.717, 1.165) is 4.47 Å². The van der Waals surface area contributed by atoms with Crippen LogP contribution < -0.4 is 5.32 Å². The fraction of sp³-hybridized carbons (Fsp3) is 0.133. The van der Waals surface area contributed by atoms with Gasteiger partial charge in [-0.2, -0.15) is 0 Å². The van der Waals surface area contributed by atoms with Crippen molar-refractivity contribution in [3.63, 3.8) is 0 Å². The summed E-state index contributed by atoms with van der Waals surface area (Å²) in [5, 5.41) is 3.11. The molecule has 21 heavy (non-hydrogen) atoms. The maximum absolute atomic E-state index is 14.1. The molecule has 0 saturated carbocycles. The van der Waals surface area contributed by atoms with E-state index in [-0.39, 0.29) is 10.6 Å². The summed E-state index contributed by atoms with van der Waals surface area (Å²) in [6, 6.07) is 10.4. The summed E-state index contributed by atoms with van der Waals surface area (Å²) >= 11 is 9.40. The van der Waals surface area contributed by atoms with Crippen molar-refractivity contribution in [1.82, 2.24) is 0 Å². The normalized spacial score (nSPS) is 11.8. The van der Waals surface area contributed by atoms with Gasteiger partial charge < -0.3 is 10.1 Å². The maximum Gasteiger partial charge on any atom is 0.333 e. The number of esters is 1.